The summed E-state index contributed by atoms with van der Waals surface area (Å²) in [4.78, 5) is 4.79. The monoisotopic (exact) mass is 504 g/mol. The van der Waals surface area contributed by atoms with Crippen LogP contribution in [-0.4, -0.2) is 54.5 Å². The number of nitrogens with zero attached hydrogens (tertiary/aromatic N) is 2. The molecule has 2 heterocycles. The van der Waals surface area contributed by atoms with Crippen LogP contribution in [0.2, 0.25) is 0 Å². The summed E-state index contributed by atoms with van der Waals surface area (Å²) >= 11 is 0. The van der Waals surface area contributed by atoms with Crippen LogP contribution < -0.4 is 9.64 Å². The van der Waals surface area contributed by atoms with E-state index < -0.39 is 0 Å². The van der Waals surface area contributed by atoms with Crippen molar-refractivity contribution in [2.24, 2.45) is 5.92 Å². The third kappa shape index (κ3) is 6.43. The molecule has 0 aromatic heterocycles. The molecule has 5 rings (SSSR count). The molecule has 0 aliphatic carbocycles. The van der Waals surface area contributed by atoms with E-state index in [0.717, 1.165) is 69.7 Å². The number of piperidine rings is 1. The molecule has 0 bridgehead atoms. The molecule has 37 heavy (non-hydrogen) atoms. The molecule has 1 unspecified atom stereocenters. The van der Waals surface area contributed by atoms with Gasteiger partial charge in [-0.3, -0.25) is 4.90 Å². The number of phenolic OH excluding ortho intramolecular Hbond substituents is 1. The van der Waals surface area contributed by atoms with E-state index in [4.69, 9.17) is 9.84 Å². The van der Waals surface area contributed by atoms with E-state index in [1.165, 1.54) is 28.8 Å². The Labute approximate surface area is 219 Å². The van der Waals surface area contributed by atoms with Gasteiger partial charge in [0.2, 0.25) is 0 Å². The van der Waals surface area contributed by atoms with Crippen molar-refractivity contribution in [2.75, 3.05) is 44.3 Å². The smallest absolute Gasteiger partial charge is 0.123 e. The van der Waals surface area contributed by atoms with Crippen LogP contribution in [0.5, 0.6) is 11.5 Å². The highest BCUT2D eigenvalue weighted by atomic mass is 19.1. The van der Waals surface area contributed by atoms with Gasteiger partial charge >= 0.3 is 0 Å². The summed E-state index contributed by atoms with van der Waals surface area (Å²) in [7, 11) is 0. The van der Waals surface area contributed by atoms with Gasteiger partial charge in [-0.15, -0.1) is 0 Å². The second-order valence-electron chi connectivity index (χ2n) is 10.3. The molecule has 3 aromatic carbocycles. The molecule has 0 spiro atoms. The van der Waals surface area contributed by atoms with E-state index in [9.17, 15) is 9.50 Å². The zero-order valence-corrected chi connectivity index (χ0v) is 21.4. The molecule has 1 atom stereocenters. The van der Waals surface area contributed by atoms with Crippen LogP contribution in [0.1, 0.15) is 42.0 Å². The Bertz CT molecular complexity index is 1140. The summed E-state index contributed by atoms with van der Waals surface area (Å²) in [6.45, 7) is 4.86. The molecular weight excluding hydrogens is 467 g/mol. The number of hydrogen-bond donors (Lipinski definition) is 2. The van der Waals surface area contributed by atoms with Crippen LogP contribution in [0.3, 0.4) is 0 Å². The molecule has 2 aliphatic heterocycles. The van der Waals surface area contributed by atoms with Gasteiger partial charge in [-0.25, -0.2) is 4.39 Å². The maximum absolute atomic E-state index is 13.6. The summed E-state index contributed by atoms with van der Waals surface area (Å²) in [5.74, 6) is 1.60. The van der Waals surface area contributed by atoms with Crippen LogP contribution in [0.25, 0.3) is 0 Å². The number of anilines is 1. The van der Waals surface area contributed by atoms with E-state index in [0.29, 0.717) is 24.9 Å². The fourth-order valence-corrected chi connectivity index (χ4v) is 5.78. The minimum absolute atomic E-state index is 0.0929. The quantitative estimate of drug-likeness (QED) is 0.411. The fourth-order valence-electron chi connectivity index (χ4n) is 5.78. The first-order valence-electron chi connectivity index (χ1n) is 13.5. The van der Waals surface area contributed by atoms with Gasteiger partial charge in [0.05, 0.1) is 6.04 Å². The van der Waals surface area contributed by atoms with Crippen molar-refractivity contribution in [1.82, 2.24) is 4.90 Å². The average molecular weight is 505 g/mol. The Kier molecular flexibility index (Phi) is 8.27. The highest BCUT2D eigenvalue weighted by Crippen LogP contribution is 2.37. The summed E-state index contributed by atoms with van der Waals surface area (Å²) in [6, 6.07) is 20.8. The fraction of sp³-hybridized carbons (Fsp3) is 0.419. The van der Waals surface area contributed by atoms with Crippen molar-refractivity contribution < 1.29 is 19.3 Å². The molecule has 2 aliphatic rings. The van der Waals surface area contributed by atoms with Gasteiger partial charge in [0.1, 0.15) is 23.9 Å². The predicted octanol–water partition coefficient (Wildman–Crippen LogP) is 5.35. The Morgan fingerprint density at radius 2 is 1.68 bits per heavy atom. The third-order valence-corrected chi connectivity index (χ3v) is 7.92. The number of hydrogen-bond acceptors (Lipinski definition) is 5. The molecule has 5 nitrogen and oxygen atoms in total. The van der Waals surface area contributed by atoms with E-state index in [1.54, 1.807) is 6.07 Å². The maximum Gasteiger partial charge on any atom is 0.123 e. The van der Waals surface area contributed by atoms with Gasteiger partial charge in [0.15, 0.2) is 0 Å². The van der Waals surface area contributed by atoms with Crippen molar-refractivity contribution in [3.8, 4) is 11.5 Å². The predicted molar refractivity (Wildman–Crippen MR) is 145 cm³/mol. The van der Waals surface area contributed by atoms with Crippen LogP contribution in [0.4, 0.5) is 10.1 Å². The number of fused-ring (bicyclic) bond motifs is 1. The number of halogens is 1. The molecule has 0 saturated carbocycles. The summed E-state index contributed by atoms with van der Waals surface area (Å²) in [6.07, 6.45) is 4.89. The Hall–Kier alpha value is -3.09. The number of aliphatic hydroxyl groups is 1. The summed E-state index contributed by atoms with van der Waals surface area (Å²) < 4.78 is 19.6. The van der Waals surface area contributed by atoms with Crippen LogP contribution in [-0.2, 0) is 12.8 Å². The number of aromatic hydroxyl groups is 1. The Morgan fingerprint density at radius 3 is 2.41 bits per heavy atom. The Balaban J connectivity index is 1.22. The van der Waals surface area contributed by atoms with Crippen molar-refractivity contribution in [3.05, 3.63) is 89.2 Å². The van der Waals surface area contributed by atoms with Gasteiger partial charge in [0.25, 0.3) is 0 Å². The minimum atomic E-state index is -0.232. The van der Waals surface area contributed by atoms with E-state index >= 15 is 0 Å². The SMILES string of the molecule is OCCC1CCN(CCOc2ccc(CC3c4ccc(O)cc4CCN3c3ccc(F)cc3)cc2)CC1. The molecule has 1 saturated heterocycles. The number of phenols is 1. The van der Waals surface area contributed by atoms with Gasteiger partial charge in [-0.2, -0.15) is 0 Å². The lowest BCUT2D eigenvalue weighted by molar-refractivity contribution is 0.139. The standard InChI is InChI=1S/C31H37FN2O3/c32-26-3-5-27(6-4-26)34-17-13-25-22-28(36)7-10-30(25)31(34)21-24-1-8-29(9-2-24)37-20-18-33-15-11-23(12-16-33)14-19-35/h1-10,22-23,31,35-36H,11-21H2. The lowest BCUT2D eigenvalue weighted by Gasteiger charge is -2.39. The molecule has 2 N–H and O–H groups in total. The second kappa shape index (κ2) is 12.0. The number of aliphatic hydroxyl groups excluding tert-OH is 1. The molecule has 6 heteroatoms. The highest BCUT2D eigenvalue weighted by Gasteiger charge is 2.28. The van der Waals surface area contributed by atoms with Crippen molar-refractivity contribution >= 4 is 5.69 Å². The first-order chi connectivity index (χ1) is 18.1. The highest BCUT2D eigenvalue weighted by molar-refractivity contribution is 5.53. The summed E-state index contributed by atoms with van der Waals surface area (Å²) in [5.41, 5.74) is 4.59. The molecule has 0 amide bonds. The van der Waals surface area contributed by atoms with Gasteiger partial charge in [-0.1, -0.05) is 18.2 Å². The first kappa shape index (κ1) is 25.6. The van der Waals surface area contributed by atoms with E-state index in [2.05, 4.69) is 21.9 Å². The van der Waals surface area contributed by atoms with Gasteiger partial charge < -0.3 is 19.8 Å². The zero-order valence-electron chi connectivity index (χ0n) is 21.4. The number of likely N-dealkylation sites (tertiary alicyclic amines) is 1. The van der Waals surface area contributed by atoms with E-state index in [1.807, 2.05) is 36.4 Å². The molecule has 0 radical (unpaired) electrons. The topological polar surface area (TPSA) is 56.2 Å². The lowest BCUT2D eigenvalue weighted by atomic mass is 9.88. The van der Waals surface area contributed by atoms with Crippen LogP contribution in [0, 0.1) is 11.7 Å². The largest absolute Gasteiger partial charge is 0.508 e. The minimum Gasteiger partial charge on any atom is -0.508 e. The van der Waals surface area contributed by atoms with Crippen LogP contribution in [0.15, 0.2) is 66.7 Å². The molecule has 196 valence electrons. The Morgan fingerprint density at radius 1 is 0.919 bits per heavy atom. The molecule has 1 fully saturated rings. The lowest BCUT2D eigenvalue weighted by Crippen LogP contribution is -2.36. The normalized spacial score (nSPS) is 18.5. The maximum atomic E-state index is 13.6. The van der Waals surface area contributed by atoms with E-state index in [-0.39, 0.29) is 11.9 Å². The molecule has 3 aromatic rings. The average Bonchev–Trinajstić information content (AvgIpc) is 2.91. The van der Waals surface area contributed by atoms with Gasteiger partial charge in [0, 0.05) is 25.4 Å². The number of rotatable bonds is 9. The molecular formula is C31H37FN2O3. The summed E-state index contributed by atoms with van der Waals surface area (Å²) in [5, 5.41) is 19.1. The zero-order chi connectivity index (χ0) is 25.6. The second-order valence-corrected chi connectivity index (χ2v) is 10.3. The number of benzene rings is 3. The van der Waals surface area contributed by atoms with Crippen molar-refractivity contribution in [2.45, 2.75) is 38.1 Å². The van der Waals surface area contributed by atoms with Crippen LogP contribution >= 0.6 is 0 Å². The third-order valence-electron chi connectivity index (χ3n) is 7.92. The first-order valence-corrected chi connectivity index (χ1v) is 13.5. The number of ether oxygens (including phenoxy) is 1. The van der Waals surface area contributed by atoms with Crippen molar-refractivity contribution in [1.29, 1.82) is 0 Å². The van der Waals surface area contributed by atoms with Crippen molar-refractivity contribution in [3.63, 3.8) is 0 Å². The van der Waals surface area contributed by atoms with Gasteiger partial charge in [-0.05, 0) is 116 Å².